The van der Waals surface area contributed by atoms with Crippen LogP contribution in [0.4, 0.5) is 13.2 Å². The number of phenolic OH excluding ortho intramolecular Hbond substituents is 1. The highest BCUT2D eigenvalue weighted by Crippen LogP contribution is 2.32. The summed E-state index contributed by atoms with van der Waals surface area (Å²) in [4.78, 5) is 10.9. The van der Waals surface area contributed by atoms with Crippen molar-refractivity contribution in [3.8, 4) is 11.5 Å². The highest BCUT2D eigenvalue weighted by Gasteiger charge is 2.30. The molecule has 0 radical (unpaired) electrons. The van der Waals surface area contributed by atoms with Crippen LogP contribution in [0.15, 0.2) is 36.4 Å². The van der Waals surface area contributed by atoms with E-state index in [0.717, 1.165) is 12.1 Å². The number of benzene rings is 2. The van der Waals surface area contributed by atoms with Gasteiger partial charge in [0.1, 0.15) is 0 Å². The molecule has 0 aromatic heterocycles. The summed E-state index contributed by atoms with van der Waals surface area (Å²) in [7, 11) is 1.34. The van der Waals surface area contributed by atoms with Crippen LogP contribution >= 0.6 is 0 Å². The van der Waals surface area contributed by atoms with Crippen LogP contribution in [-0.4, -0.2) is 18.5 Å². The molecule has 1 N–H and O–H groups in total. The molecular weight excluding hydrogens is 309 g/mol. The van der Waals surface area contributed by atoms with Crippen molar-refractivity contribution in [2.75, 3.05) is 7.11 Å². The molecule has 2 rings (SSSR count). The quantitative estimate of drug-likeness (QED) is 0.670. The summed E-state index contributed by atoms with van der Waals surface area (Å²) in [6.45, 7) is 0. The van der Waals surface area contributed by atoms with Gasteiger partial charge in [-0.3, -0.25) is 4.79 Å². The molecule has 0 saturated heterocycles. The molecule has 6 heteroatoms. The Morgan fingerprint density at radius 2 is 1.78 bits per heavy atom. The molecule has 0 aliphatic carbocycles. The Hall–Kier alpha value is -2.76. The minimum absolute atomic E-state index is 0.0352. The molecule has 120 valence electrons. The summed E-state index contributed by atoms with van der Waals surface area (Å²) >= 11 is 0. The normalized spacial score (nSPS) is 11.7. The van der Waals surface area contributed by atoms with Crippen molar-refractivity contribution in [2.24, 2.45) is 0 Å². The Morgan fingerprint density at radius 1 is 1.09 bits per heavy atom. The van der Waals surface area contributed by atoms with Gasteiger partial charge in [-0.25, -0.2) is 0 Å². The summed E-state index contributed by atoms with van der Waals surface area (Å²) in [5, 5.41) is 9.72. The van der Waals surface area contributed by atoms with E-state index < -0.39 is 11.7 Å². The Kier molecular flexibility index (Phi) is 4.74. The fourth-order valence-corrected chi connectivity index (χ4v) is 2.00. The summed E-state index contributed by atoms with van der Waals surface area (Å²) < 4.78 is 42.9. The lowest BCUT2D eigenvalue weighted by Crippen LogP contribution is -2.04. The van der Waals surface area contributed by atoms with Gasteiger partial charge in [-0.15, -0.1) is 0 Å². The van der Waals surface area contributed by atoms with Crippen LogP contribution in [0.25, 0.3) is 12.2 Å². The van der Waals surface area contributed by atoms with Gasteiger partial charge in [0, 0.05) is 0 Å². The third-order valence-corrected chi connectivity index (χ3v) is 3.16. The lowest BCUT2D eigenvalue weighted by Gasteiger charge is -2.08. The Bertz CT molecular complexity index is 749. The molecule has 0 aliphatic heterocycles. The van der Waals surface area contributed by atoms with E-state index in [1.807, 2.05) is 0 Å². The van der Waals surface area contributed by atoms with E-state index in [4.69, 9.17) is 4.74 Å². The average Bonchev–Trinajstić information content (AvgIpc) is 2.53. The molecule has 0 spiro atoms. The van der Waals surface area contributed by atoms with Crippen molar-refractivity contribution >= 4 is 18.4 Å². The van der Waals surface area contributed by atoms with Crippen LogP contribution in [0, 0.1) is 0 Å². The van der Waals surface area contributed by atoms with E-state index >= 15 is 0 Å². The Morgan fingerprint density at radius 3 is 2.39 bits per heavy atom. The largest absolute Gasteiger partial charge is 0.504 e. The van der Waals surface area contributed by atoms with Crippen molar-refractivity contribution in [3.63, 3.8) is 0 Å². The lowest BCUT2D eigenvalue weighted by atomic mass is 10.1. The smallest absolute Gasteiger partial charge is 0.416 e. The molecule has 0 bridgehead atoms. The van der Waals surface area contributed by atoms with Gasteiger partial charge in [-0.05, 0) is 35.4 Å². The van der Waals surface area contributed by atoms with Crippen LogP contribution in [0.5, 0.6) is 11.5 Å². The number of hydrogen-bond donors (Lipinski definition) is 1. The number of methoxy groups -OCH3 is 1. The van der Waals surface area contributed by atoms with Crippen molar-refractivity contribution in [1.29, 1.82) is 0 Å². The van der Waals surface area contributed by atoms with Crippen molar-refractivity contribution < 1.29 is 27.8 Å². The summed E-state index contributed by atoms with van der Waals surface area (Å²) in [6, 6.07) is 7.75. The number of ether oxygens (including phenoxy) is 1. The van der Waals surface area contributed by atoms with E-state index in [1.54, 1.807) is 0 Å². The highest BCUT2D eigenvalue weighted by atomic mass is 19.4. The Balaban J connectivity index is 2.35. The molecule has 0 atom stereocenters. The van der Waals surface area contributed by atoms with Gasteiger partial charge in [0.2, 0.25) is 0 Å². The second-order valence-electron chi connectivity index (χ2n) is 4.74. The van der Waals surface area contributed by atoms with E-state index in [-0.39, 0.29) is 17.1 Å². The number of hydrogen-bond acceptors (Lipinski definition) is 3. The van der Waals surface area contributed by atoms with Crippen LogP contribution in [0.1, 0.15) is 27.0 Å². The molecule has 3 nitrogen and oxygen atoms in total. The first-order valence-corrected chi connectivity index (χ1v) is 6.56. The van der Waals surface area contributed by atoms with Gasteiger partial charge >= 0.3 is 6.18 Å². The first kappa shape index (κ1) is 16.6. The number of phenols is 1. The number of aldehydes is 1. The number of carbonyl (C=O) groups excluding carboxylic acids is 1. The number of alkyl halides is 3. The molecule has 2 aromatic rings. The Labute approximate surface area is 130 Å². The van der Waals surface area contributed by atoms with Crippen LogP contribution < -0.4 is 4.74 Å². The molecule has 23 heavy (non-hydrogen) atoms. The fraction of sp³-hybridized carbons (Fsp3) is 0.118. The predicted molar refractivity (Wildman–Crippen MR) is 80.4 cm³/mol. The maximum Gasteiger partial charge on any atom is 0.416 e. The topological polar surface area (TPSA) is 46.5 Å². The molecule has 0 amide bonds. The third kappa shape index (κ3) is 3.91. The average molecular weight is 322 g/mol. The lowest BCUT2D eigenvalue weighted by molar-refractivity contribution is -0.137. The number of aromatic hydroxyl groups is 1. The molecule has 0 unspecified atom stereocenters. The second kappa shape index (κ2) is 6.56. The number of carbonyl (C=O) groups is 1. The third-order valence-electron chi connectivity index (χ3n) is 3.16. The van der Waals surface area contributed by atoms with Crippen LogP contribution in [0.3, 0.4) is 0 Å². The molecule has 0 heterocycles. The molecular formula is C17H13F3O3. The fourth-order valence-electron chi connectivity index (χ4n) is 2.00. The monoisotopic (exact) mass is 322 g/mol. The molecule has 2 aromatic carbocycles. The van der Waals surface area contributed by atoms with Gasteiger partial charge in [0.05, 0.1) is 18.2 Å². The molecule has 0 fully saturated rings. The summed E-state index contributed by atoms with van der Waals surface area (Å²) in [6.07, 6.45) is -0.921. The van der Waals surface area contributed by atoms with E-state index in [9.17, 15) is 23.1 Å². The molecule has 0 saturated carbocycles. The van der Waals surface area contributed by atoms with Gasteiger partial charge in [0.25, 0.3) is 0 Å². The summed E-state index contributed by atoms with van der Waals surface area (Å²) in [5.41, 5.74) is 0.170. The van der Waals surface area contributed by atoms with Gasteiger partial charge in [0.15, 0.2) is 17.8 Å². The second-order valence-corrected chi connectivity index (χ2v) is 4.74. The SMILES string of the molecule is COc1cc(C=Cc2cccc(C(F)(F)F)c2)cc(C=O)c1O. The number of rotatable bonds is 4. The first-order valence-electron chi connectivity index (χ1n) is 6.56. The van der Waals surface area contributed by atoms with E-state index in [2.05, 4.69) is 0 Å². The zero-order chi connectivity index (χ0) is 17.0. The van der Waals surface area contributed by atoms with Crippen molar-refractivity contribution in [1.82, 2.24) is 0 Å². The van der Waals surface area contributed by atoms with Crippen molar-refractivity contribution in [2.45, 2.75) is 6.18 Å². The minimum Gasteiger partial charge on any atom is -0.504 e. The predicted octanol–water partition coefficient (Wildman–Crippen LogP) is 4.40. The van der Waals surface area contributed by atoms with Gasteiger partial charge in [-0.1, -0.05) is 24.3 Å². The number of halogens is 3. The van der Waals surface area contributed by atoms with Gasteiger partial charge < -0.3 is 9.84 Å². The van der Waals surface area contributed by atoms with E-state index in [0.29, 0.717) is 17.4 Å². The maximum absolute atomic E-state index is 12.7. The standard InChI is InChI=1S/C17H13F3O3/c1-23-15-9-12(7-13(10-21)16(15)22)6-5-11-3-2-4-14(8-11)17(18,19)20/h2-10,22H,1H3. The van der Waals surface area contributed by atoms with Crippen LogP contribution in [0.2, 0.25) is 0 Å². The van der Waals surface area contributed by atoms with E-state index in [1.165, 1.54) is 43.5 Å². The van der Waals surface area contributed by atoms with Crippen LogP contribution in [-0.2, 0) is 6.18 Å². The maximum atomic E-state index is 12.7. The minimum atomic E-state index is -4.41. The zero-order valence-electron chi connectivity index (χ0n) is 12.1. The molecule has 0 aliphatic rings. The van der Waals surface area contributed by atoms with Gasteiger partial charge in [-0.2, -0.15) is 13.2 Å². The van der Waals surface area contributed by atoms with Crippen molar-refractivity contribution in [3.05, 3.63) is 58.7 Å². The summed E-state index contributed by atoms with van der Waals surface area (Å²) in [5.74, 6) is -0.169. The zero-order valence-corrected chi connectivity index (χ0v) is 12.1. The first-order chi connectivity index (χ1) is 10.8. The highest BCUT2D eigenvalue weighted by molar-refractivity contribution is 5.84.